The van der Waals surface area contributed by atoms with Gasteiger partial charge in [0.1, 0.15) is 11.9 Å². The number of rotatable bonds is 1. The van der Waals surface area contributed by atoms with Gasteiger partial charge >= 0.3 is 5.97 Å². The third-order valence-electron chi connectivity index (χ3n) is 3.27. The van der Waals surface area contributed by atoms with E-state index in [1.54, 1.807) is 0 Å². The summed E-state index contributed by atoms with van der Waals surface area (Å²) in [6.07, 6.45) is 3.54. The molecule has 1 saturated carbocycles. The molecule has 0 bridgehead atoms. The molecule has 2 rings (SSSR count). The van der Waals surface area contributed by atoms with Crippen LogP contribution < -0.4 is 0 Å². The van der Waals surface area contributed by atoms with E-state index in [2.05, 4.69) is 22.6 Å². The lowest BCUT2D eigenvalue weighted by Gasteiger charge is -2.34. The number of alkyl halides is 1. The Morgan fingerprint density at radius 2 is 2.21 bits per heavy atom. The number of Topliss-reactive ketones (excluding diaryl/α,β-unsaturated/α-hetero) is 1. The third-order valence-corrected chi connectivity index (χ3v) is 4.07. The van der Waals surface area contributed by atoms with Gasteiger partial charge in [0.15, 0.2) is 0 Å². The first-order chi connectivity index (χ1) is 6.66. The van der Waals surface area contributed by atoms with Crippen LogP contribution in [0.15, 0.2) is 0 Å². The van der Waals surface area contributed by atoms with Gasteiger partial charge in [-0.15, -0.1) is 0 Å². The van der Waals surface area contributed by atoms with Crippen LogP contribution in [0.4, 0.5) is 0 Å². The van der Waals surface area contributed by atoms with Crippen LogP contribution in [0.25, 0.3) is 0 Å². The maximum Gasteiger partial charge on any atom is 0.306 e. The van der Waals surface area contributed by atoms with E-state index in [0.29, 0.717) is 25.0 Å². The highest BCUT2D eigenvalue weighted by Gasteiger charge is 2.50. The number of carbonyl (C=O) groups is 2. The molecule has 1 aliphatic heterocycles. The normalized spacial score (nSPS) is 37.6. The van der Waals surface area contributed by atoms with Crippen LogP contribution in [-0.4, -0.2) is 22.3 Å². The van der Waals surface area contributed by atoms with Gasteiger partial charge in [0.25, 0.3) is 0 Å². The zero-order chi connectivity index (χ0) is 10.2. The molecule has 0 N–H and O–H groups in total. The molecule has 0 amide bonds. The van der Waals surface area contributed by atoms with Crippen LogP contribution in [0.5, 0.6) is 0 Å². The molecule has 1 aliphatic carbocycles. The molecule has 2 atom stereocenters. The molecular weight excluding hydrogens is 295 g/mol. The Kier molecular flexibility index (Phi) is 2.81. The average Bonchev–Trinajstić information content (AvgIpc) is 2.41. The second-order valence-corrected chi connectivity index (χ2v) is 5.12. The molecule has 2 aliphatic rings. The fraction of sp³-hybridized carbons (Fsp3) is 0.800. The summed E-state index contributed by atoms with van der Waals surface area (Å²) in [5.41, 5.74) is -0.145. The van der Waals surface area contributed by atoms with Gasteiger partial charge in [0.05, 0.1) is 6.42 Å². The van der Waals surface area contributed by atoms with E-state index in [4.69, 9.17) is 4.74 Å². The largest absolute Gasteiger partial charge is 0.461 e. The highest BCUT2D eigenvalue weighted by Crippen LogP contribution is 2.46. The summed E-state index contributed by atoms with van der Waals surface area (Å²) in [7, 11) is 0. The maximum absolute atomic E-state index is 11.4. The second kappa shape index (κ2) is 3.79. The van der Waals surface area contributed by atoms with Crippen molar-refractivity contribution in [2.24, 2.45) is 5.41 Å². The summed E-state index contributed by atoms with van der Waals surface area (Å²) in [6, 6.07) is 0. The topological polar surface area (TPSA) is 43.4 Å². The van der Waals surface area contributed by atoms with Gasteiger partial charge in [-0.3, -0.25) is 9.59 Å². The van der Waals surface area contributed by atoms with Gasteiger partial charge in [0, 0.05) is 22.7 Å². The van der Waals surface area contributed by atoms with Gasteiger partial charge in [-0.1, -0.05) is 22.6 Å². The van der Waals surface area contributed by atoms with E-state index in [1.807, 2.05) is 0 Å². The number of esters is 1. The third kappa shape index (κ3) is 1.68. The molecule has 1 saturated heterocycles. The smallest absolute Gasteiger partial charge is 0.306 e. The molecule has 2 unspecified atom stereocenters. The minimum atomic E-state index is -0.145. The van der Waals surface area contributed by atoms with Crippen LogP contribution in [-0.2, 0) is 14.3 Å². The molecular formula is C10H13IO3. The number of halogens is 1. The maximum atomic E-state index is 11.4. The lowest BCUT2D eigenvalue weighted by atomic mass is 9.69. The van der Waals surface area contributed by atoms with E-state index >= 15 is 0 Å². The fourth-order valence-corrected chi connectivity index (χ4v) is 3.67. The van der Waals surface area contributed by atoms with E-state index in [1.165, 1.54) is 0 Å². The first kappa shape index (κ1) is 10.4. The predicted octanol–water partition coefficient (Wildman–Crippen LogP) is 1.87. The minimum Gasteiger partial charge on any atom is -0.461 e. The van der Waals surface area contributed by atoms with Gasteiger partial charge in [-0.25, -0.2) is 0 Å². The highest BCUT2D eigenvalue weighted by atomic mass is 127. The first-order valence-corrected chi connectivity index (χ1v) is 6.46. The molecule has 0 aromatic rings. The summed E-state index contributed by atoms with van der Waals surface area (Å²) in [6.45, 7) is 0. The van der Waals surface area contributed by atoms with Gasteiger partial charge in [-0.2, -0.15) is 0 Å². The van der Waals surface area contributed by atoms with Crippen molar-refractivity contribution in [3.63, 3.8) is 0 Å². The minimum absolute atomic E-state index is 0.0279. The zero-order valence-electron chi connectivity index (χ0n) is 7.92. The number of hydrogen-bond acceptors (Lipinski definition) is 3. The molecule has 14 heavy (non-hydrogen) atoms. The quantitative estimate of drug-likeness (QED) is 0.422. The number of carbonyl (C=O) groups excluding carboxylic acids is 2. The van der Waals surface area contributed by atoms with Crippen LogP contribution >= 0.6 is 22.6 Å². The van der Waals surface area contributed by atoms with Crippen molar-refractivity contribution in [1.82, 2.24) is 0 Å². The van der Waals surface area contributed by atoms with Crippen molar-refractivity contribution in [3.8, 4) is 0 Å². The molecule has 4 heteroatoms. The highest BCUT2D eigenvalue weighted by molar-refractivity contribution is 14.1. The Hall–Kier alpha value is -0.130. The first-order valence-electron chi connectivity index (χ1n) is 4.93. The summed E-state index contributed by atoms with van der Waals surface area (Å²) in [5.74, 6) is 0.172. The SMILES string of the molecule is O=C1CCCC2(C1)CC(=O)OC2CI. The van der Waals surface area contributed by atoms with Crippen molar-refractivity contribution < 1.29 is 14.3 Å². The number of ether oxygens (including phenoxy) is 1. The van der Waals surface area contributed by atoms with Crippen LogP contribution in [0.3, 0.4) is 0 Å². The molecule has 1 heterocycles. The van der Waals surface area contributed by atoms with E-state index in [9.17, 15) is 9.59 Å². The standard InChI is InChI=1S/C10H13IO3/c11-6-8-10(5-9(13)14-8)3-1-2-7(12)4-10/h8H,1-6H2. The van der Waals surface area contributed by atoms with Gasteiger partial charge < -0.3 is 4.74 Å². The van der Waals surface area contributed by atoms with Crippen molar-refractivity contribution in [2.75, 3.05) is 4.43 Å². The molecule has 78 valence electrons. The van der Waals surface area contributed by atoms with Gasteiger partial charge in [-0.05, 0) is 12.8 Å². The second-order valence-electron chi connectivity index (χ2n) is 4.24. The van der Waals surface area contributed by atoms with Crippen LogP contribution in [0.2, 0.25) is 0 Å². The predicted molar refractivity (Wildman–Crippen MR) is 59.3 cm³/mol. The summed E-state index contributed by atoms with van der Waals surface area (Å²) in [5, 5.41) is 0. The fourth-order valence-electron chi connectivity index (χ4n) is 2.55. The number of hydrogen-bond donors (Lipinski definition) is 0. The van der Waals surface area contributed by atoms with E-state index in [-0.39, 0.29) is 17.5 Å². The van der Waals surface area contributed by atoms with Crippen molar-refractivity contribution in [3.05, 3.63) is 0 Å². The molecule has 0 aromatic heterocycles. The summed E-state index contributed by atoms with van der Waals surface area (Å²) >= 11 is 2.23. The number of cyclic esters (lactones) is 1. The monoisotopic (exact) mass is 308 g/mol. The summed E-state index contributed by atoms with van der Waals surface area (Å²) in [4.78, 5) is 22.7. The Morgan fingerprint density at radius 1 is 1.43 bits per heavy atom. The average molecular weight is 308 g/mol. The van der Waals surface area contributed by atoms with Crippen molar-refractivity contribution in [1.29, 1.82) is 0 Å². The molecule has 3 nitrogen and oxygen atoms in total. The van der Waals surface area contributed by atoms with Crippen molar-refractivity contribution in [2.45, 2.75) is 38.2 Å². The van der Waals surface area contributed by atoms with Crippen LogP contribution in [0.1, 0.15) is 32.1 Å². The molecule has 2 fully saturated rings. The lowest BCUT2D eigenvalue weighted by Crippen LogP contribution is -2.37. The van der Waals surface area contributed by atoms with Gasteiger partial charge in [0.2, 0.25) is 0 Å². The molecule has 1 spiro atoms. The Labute approximate surface area is 96.7 Å². The molecule has 0 radical (unpaired) electrons. The molecule has 0 aromatic carbocycles. The number of ketones is 1. The Bertz CT molecular complexity index is 275. The van der Waals surface area contributed by atoms with Crippen LogP contribution in [0, 0.1) is 5.41 Å². The zero-order valence-corrected chi connectivity index (χ0v) is 10.1. The lowest BCUT2D eigenvalue weighted by molar-refractivity contribution is -0.141. The van der Waals surface area contributed by atoms with E-state index in [0.717, 1.165) is 17.3 Å². The van der Waals surface area contributed by atoms with E-state index < -0.39 is 0 Å². The Balaban J connectivity index is 2.19. The summed E-state index contributed by atoms with van der Waals surface area (Å²) < 4.78 is 6.06. The Morgan fingerprint density at radius 3 is 2.86 bits per heavy atom. The van der Waals surface area contributed by atoms with Crippen molar-refractivity contribution >= 4 is 34.3 Å².